The van der Waals surface area contributed by atoms with Crippen molar-refractivity contribution in [2.24, 2.45) is 5.41 Å². The van der Waals surface area contributed by atoms with Gasteiger partial charge in [-0.25, -0.2) is 12.7 Å². The quantitative estimate of drug-likeness (QED) is 0.765. The van der Waals surface area contributed by atoms with E-state index in [9.17, 15) is 13.2 Å². The van der Waals surface area contributed by atoms with Crippen LogP contribution in [0.5, 0.6) is 0 Å². The van der Waals surface area contributed by atoms with Crippen molar-refractivity contribution in [1.82, 2.24) is 19.1 Å². The van der Waals surface area contributed by atoms with E-state index in [4.69, 9.17) is 0 Å². The second-order valence-corrected chi connectivity index (χ2v) is 10.3. The Morgan fingerprint density at radius 2 is 1.93 bits per heavy atom. The number of nitrogens with zero attached hydrogens (tertiary/aromatic N) is 4. The smallest absolute Gasteiger partial charge is 0.231 e. The fraction of sp³-hybridized carbons (Fsp3) is 0.684. The lowest BCUT2D eigenvalue weighted by Gasteiger charge is -2.53. The van der Waals surface area contributed by atoms with Crippen molar-refractivity contribution in [3.63, 3.8) is 0 Å². The molecule has 2 atom stereocenters. The highest BCUT2D eigenvalue weighted by molar-refractivity contribution is 7.89. The minimum Gasteiger partial charge on any atom is -0.342 e. The highest BCUT2D eigenvalue weighted by atomic mass is 32.2. The van der Waals surface area contributed by atoms with Crippen molar-refractivity contribution in [1.29, 1.82) is 0 Å². The fourth-order valence-electron chi connectivity index (χ4n) is 5.02. The lowest BCUT2D eigenvalue weighted by atomic mass is 9.71. The Labute approximate surface area is 161 Å². The summed E-state index contributed by atoms with van der Waals surface area (Å²) in [6.07, 6.45) is 6.78. The summed E-state index contributed by atoms with van der Waals surface area (Å²) in [4.78, 5) is 21.9. The van der Waals surface area contributed by atoms with Gasteiger partial charge in [-0.05, 0) is 43.4 Å². The molecule has 0 spiro atoms. The summed E-state index contributed by atoms with van der Waals surface area (Å²) in [6, 6.07) is 3.76. The number of hydrogen-bond donors (Lipinski definition) is 0. The first kappa shape index (κ1) is 18.8. The molecule has 0 radical (unpaired) electrons. The maximum absolute atomic E-state index is 13.6. The first-order valence-corrected chi connectivity index (χ1v) is 11.4. The Hall–Kier alpha value is -1.51. The number of likely N-dealkylation sites (tertiary alicyclic amines) is 2. The minimum absolute atomic E-state index is 0.0582. The average Bonchev–Trinajstić information content (AvgIpc) is 3.20. The monoisotopic (exact) mass is 392 g/mol. The number of fused-ring (bicyclic) bond motifs is 1. The van der Waals surface area contributed by atoms with Gasteiger partial charge in [0.25, 0.3) is 0 Å². The van der Waals surface area contributed by atoms with Crippen LogP contribution in [0.1, 0.15) is 31.2 Å². The molecule has 7 nitrogen and oxygen atoms in total. The molecule has 3 aliphatic rings. The second kappa shape index (κ2) is 7.14. The number of carbonyl (C=O) groups is 1. The molecule has 4 rings (SSSR count). The van der Waals surface area contributed by atoms with E-state index in [1.54, 1.807) is 19.4 Å². The number of rotatable bonds is 3. The van der Waals surface area contributed by atoms with Crippen LogP contribution in [0.2, 0.25) is 0 Å². The second-order valence-electron chi connectivity index (χ2n) is 8.11. The Morgan fingerprint density at radius 1 is 1.22 bits per heavy atom. The van der Waals surface area contributed by atoms with Crippen LogP contribution in [0.15, 0.2) is 24.5 Å². The van der Waals surface area contributed by atoms with Gasteiger partial charge in [-0.2, -0.15) is 0 Å². The summed E-state index contributed by atoms with van der Waals surface area (Å²) in [7, 11) is -1.61. The van der Waals surface area contributed by atoms with E-state index in [-0.39, 0.29) is 17.7 Å². The van der Waals surface area contributed by atoms with Gasteiger partial charge in [-0.15, -0.1) is 0 Å². The number of aromatic nitrogens is 1. The third-order valence-corrected chi connectivity index (χ3v) is 8.37. The lowest BCUT2D eigenvalue weighted by Crippen LogP contribution is -2.67. The van der Waals surface area contributed by atoms with Crippen molar-refractivity contribution in [3.8, 4) is 0 Å². The summed E-state index contributed by atoms with van der Waals surface area (Å²) < 4.78 is 26.4. The van der Waals surface area contributed by atoms with Gasteiger partial charge in [0.1, 0.15) is 0 Å². The highest BCUT2D eigenvalue weighted by Gasteiger charge is 2.57. The first-order valence-electron chi connectivity index (χ1n) is 9.79. The molecule has 0 saturated carbocycles. The SMILES string of the molecule is CN1[C@@H]2CCN(Cc3ccncc3)C[C@@]2(C(=O)N2CCCC2)CCS1(=O)=O. The van der Waals surface area contributed by atoms with E-state index in [1.807, 2.05) is 17.0 Å². The third kappa shape index (κ3) is 3.39. The zero-order valence-corrected chi connectivity index (χ0v) is 16.7. The van der Waals surface area contributed by atoms with Gasteiger partial charge in [0.05, 0.1) is 11.2 Å². The number of amides is 1. The molecule has 0 aliphatic carbocycles. The van der Waals surface area contributed by atoms with Crippen LogP contribution < -0.4 is 0 Å². The normalized spacial score (nSPS) is 31.6. The molecule has 1 aromatic heterocycles. The number of hydrogen-bond acceptors (Lipinski definition) is 5. The minimum atomic E-state index is -3.27. The van der Waals surface area contributed by atoms with Gasteiger partial charge in [-0.1, -0.05) is 0 Å². The summed E-state index contributed by atoms with van der Waals surface area (Å²) >= 11 is 0. The molecule has 3 aliphatic heterocycles. The van der Waals surface area contributed by atoms with Crippen LogP contribution >= 0.6 is 0 Å². The molecule has 8 heteroatoms. The largest absolute Gasteiger partial charge is 0.342 e. The summed E-state index contributed by atoms with van der Waals surface area (Å²) in [5.41, 5.74) is 0.541. The van der Waals surface area contributed by atoms with Crippen LogP contribution in [0.4, 0.5) is 0 Å². The zero-order chi connectivity index (χ0) is 19.1. The van der Waals surface area contributed by atoms with Crippen LogP contribution in [0.25, 0.3) is 0 Å². The molecular formula is C19H28N4O3S. The summed E-state index contributed by atoms with van der Waals surface area (Å²) in [5, 5.41) is 0. The van der Waals surface area contributed by atoms with Crippen LogP contribution in [-0.4, -0.2) is 78.4 Å². The molecule has 27 heavy (non-hydrogen) atoms. The van der Waals surface area contributed by atoms with Crippen molar-refractivity contribution >= 4 is 15.9 Å². The van der Waals surface area contributed by atoms with Gasteiger partial charge in [0, 0.05) is 58.2 Å². The third-order valence-electron chi connectivity index (χ3n) is 6.52. The van der Waals surface area contributed by atoms with Crippen molar-refractivity contribution < 1.29 is 13.2 Å². The zero-order valence-electron chi connectivity index (χ0n) is 15.9. The van der Waals surface area contributed by atoms with Gasteiger partial charge in [-0.3, -0.25) is 14.7 Å². The van der Waals surface area contributed by atoms with Crippen molar-refractivity contribution in [3.05, 3.63) is 30.1 Å². The lowest BCUT2D eigenvalue weighted by molar-refractivity contribution is -0.150. The van der Waals surface area contributed by atoms with Crippen molar-refractivity contribution in [2.75, 3.05) is 39.0 Å². The Balaban J connectivity index is 1.63. The number of carbonyl (C=O) groups excluding carboxylic acids is 1. The van der Waals surface area contributed by atoms with Crippen LogP contribution in [0, 0.1) is 5.41 Å². The molecule has 0 aromatic carbocycles. The molecule has 1 amide bonds. The fourth-order valence-corrected chi connectivity index (χ4v) is 6.63. The average molecular weight is 393 g/mol. The van der Waals surface area contributed by atoms with Crippen molar-refractivity contribution in [2.45, 2.75) is 38.3 Å². The van der Waals surface area contributed by atoms with Gasteiger partial charge < -0.3 is 4.90 Å². The van der Waals surface area contributed by atoms with E-state index >= 15 is 0 Å². The Morgan fingerprint density at radius 3 is 2.63 bits per heavy atom. The standard InChI is InChI=1S/C19H28N4O3S/c1-21-17-6-12-22(14-16-4-8-20-9-5-16)15-19(17,7-13-27(21,25)26)18(24)23-10-2-3-11-23/h4-5,8-9,17H,2-3,6-7,10-15H2,1H3/t17-,19+/m1/s1. The first-order chi connectivity index (χ1) is 12.9. The van der Waals surface area contributed by atoms with Gasteiger partial charge >= 0.3 is 0 Å². The van der Waals surface area contributed by atoms with E-state index in [1.165, 1.54) is 9.87 Å². The topological polar surface area (TPSA) is 73.8 Å². The summed E-state index contributed by atoms with van der Waals surface area (Å²) in [5.74, 6) is 0.217. The summed E-state index contributed by atoms with van der Waals surface area (Å²) in [6.45, 7) is 3.78. The molecule has 0 N–H and O–H groups in total. The molecule has 148 valence electrons. The van der Waals surface area contributed by atoms with E-state index in [0.29, 0.717) is 19.4 Å². The molecule has 3 saturated heterocycles. The van der Waals surface area contributed by atoms with E-state index in [2.05, 4.69) is 9.88 Å². The van der Waals surface area contributed by atoms with Gasteiger partial charge in [0.15, 0.2) is 0 Å². The number of piperidine rings is 1. The van der Waals surface area contributed by atoms with Crippen LogP contribution in [-0.2, 0) is 21.4 Å². The maximum Gasteiger partial charge on any atom is 0.231 e. The number of pyridine rings is 1. The predicted molar refractivity (Wildman–Crippen MR) is 102 cm³/mol. The Bertz CT molecular complexity index is 794. The molecule has 1 aromatic rings. The highest BCUT2D eigenvalue weighted by Crippen LogP contribution is 2.44. The maximum atomic E-state index is 13.6. The molecule has 0 bridgehead atoms. The van der Waals surface area contributed by atoms with Crippen LogP contribution in [0.3, 0.4) is 0 Å². The predicted octanol–water partition coefficient (Wildman–Crippen LogP) is 0.930. The Kier molecular flexibility index (Phi) is 4.98. The van der Waals surface area contributed by atoms with E-state index < -0.39 is 15.4 Å². The molecule has 4 heterocycles. The molecule has 3 fully saturated rings. The van der Waals surface area contributed by atoms with Gasteiger partial charge in [0.2, 0.25) is 15.9 Å². The number of sulfonamides is 1. The molecule has 0 unspecified atom stereocenters. The molecular weight excluding hydrogens is 364 g/mol. The van der Waals surface area contributed by atoms with E-state index in [0.717, 1.165) is 39.0 Å².